The van der Waals surface area contributed by atoms with E-state index in [4.69, 9.17) is 0 Å². The summed E-state index contributed by atoms with van der Waals surface area (Å²) in [5, 5.41) is 3.79. The van der Waals surface area contributed by atoms with E-state index >= 15 is 0 Å². The quantitative estimate of drug-likeness (QED) is 0.838. The molecule has 2 aliphatic rings. The van der Waals surface area contributed by atoms with Crippen LogP contribution in [0.4, 0.5) is 0 Å². The summed E-state index contributed by atoms with van der Waals surface area (Å²) in [4.78, 5) is 2.81. The first-order chi connectivity index (χ1) is 9.00. The molecule has 1 N–H and O–H groups in total. The summed E-state index contributed by atoms with van der Waals surface area (Å²) < 4.78 is 0. The Hall–Kier alpha value is -0.0800. The van der Waals surface area contributed by atoms with Crippen LogP contribution in [0.15, 0.2) is 0 Å². The number of piperazine rings is 1. The second kappa shape index (κ2) is 6.58. The van der Waals surface area contributed by atoms with E-state index in [1.807, 2.05) is 0 Å². The molecular formula is C17H34N2. The van der Waals surface area contributed by atoms with E-state index in [1.165, 1.54) is 58.2 Å². The summed E-state index contributed by atoms with van der Waals surface area (Å²) in [5.74, 6) is 0.974. The van der Waals surface area contributed by atoms with Crippen molar-refractivity contribution in [2.75, 3.05) is 19.6 Å². The van der Waals surface area contributed by atoms with Crippen molar-refractivity contribution in [3.05, 3.63) is 0 Å². The van der Waals surface area contributed by atoms with Gasteiger partial charge in [0.2, 0.25) is 0 Å². The van der Waals surface area contributed by atoms with Crippen molar-refractivity contribution in [3.8, 4) is 0 Å². The minimum absolute atomic E-state index is 0.378. The highest BCUT2D eigenvalue weighted by Crippen LogP contribution is 2.28. The largest absolute Gasteiger partial charge is 0.311 e. The van der Waals surface area contributed by atoms with Crippen molar-refractivity contribution in [3.63, 3.8) is 0 Å². The fourth-order valence-electron chi connectivity index (χ4n) is 3.76. The zero-order valence-corrected chi connectivity index (χ0v) is 13.5. The molecule has 19 heavy (non-hydrogen) atoms. The van der Waals surface area contributed by atoms with Gasteiger partial charge in [-0.05, 0) is 30.6 Å². The number of nitrogens with zero attached hydrogens (tertiary/aromatic N) is 1. The standard InChI is InChI=1S/C17H34N2/c1-5-15-11-18-16(17(2,3)4)13-19(15)12-14-9-7-6-8-10-14/h14-16,18H,5-13H2,1-4H3. The highest BCUT2D eigenvalue weighted by Gasteiger charge is 2.34. The SMILES string of the molecule is CCC1CNC(C(C)(C)C)CN1CC1CCCCC1. The van der Waals surface area contributed by atoms with Gasteiger partial charge in [0.1, 0.15) is 0 Å². The minimum Gasteiger partial charge on any atom is -0.311 e. The van der Waals surface area contributed by atoms with Crippen molar-refractivity contribution in [2.45, 2.75) is 78.3 Å². The predicted octanol–water partition coefficient (Wildman–Crippen LogP) is 3.67. The van der Waals surface area contributed by atoms with Crippen molar-refractivity contribution >= 4 is 0 Å². The van der Waals surface area contributed by atoms with E-state index in [-0.39, 0.29) is 0 Å². The molecule has 2 unspecified atom stereocenters. The molecule has 1 saturated carbocycles. The molecule has 0 aromatic rings. The van der Waals surface area contributed by atoms with E-state index in [1.54, 1.807) is 0 Å². The minimum atomic E-state index is 0.378. The number of nitrogens with one attached hydrogen (secondary N) is 1. The van der Waals surface area contributed by atoms with Gasteiger partial charge in [0.25, 0.3) is 0 Å². The lowest BCUT2D eigenvalue weighted by molar-refractivity contribution is 0.0639. The lowest BCUT2D eigenvalue weighted by Gasteiger charge is -2.46. The van der Waals surface area contributed by atoms with E-state index in [0.29, 0.717) is 11.5 Å². The van der Waals surface area contributed by atoms with E-state index in [9.17, 15) is 0 Å². The van der Waals surface area contributed by atoms with Crippen LogP contribution in [0.25, 0.3) is 0 Å². The van der Waals surface area contributed by atoms with Crippen molar-refractivity contribution < 1.29 is 0 Å². The molecule has 0 spiro atoms. The molecule has 0 radical (unpaired) electrons. The summed E-state index contributed by atoms with van der Waals surface area (Å²) in [6, 6.07) is 1.42. The van der Waals surface area contributed by atoms with Crippen molar-refractivity contribution in [1.29, 1.82) is 0 Å². The molecule has 1 aliphatic heterocycles. The molecular weight excluding hydrogens is 232 g/mol. The van der Waals surface area contributed by atoms with E-state index < -0.39 is 0 Å². The highest BCUT2D eigenvalue weighted by atomic mass is 15.2. The summed E-state index contributed by atoms with van der Waals surface area (Å²) in [7, 11) is 0. The molecule has 0 bridgehead atoms. The Morgan fingerprint density at radius 3 is 2.37 bits per heavy atom. The van der Waals surface area contributed by atoms with Crippen LogP contribution < -0.4 is 5.32 Å². The molecule has 0 aromatic carbocycles. The average Bonchev–Trinajstić information content (AvgIpc) is 2.39. The Labute approximate surface area is 120 Å². The third kappa shape index (κ3) is 4.19. The molecule has 1 saturated heterocycles. The Balaban J connectivity index is 1.93. The summed E-state index contributed by atoms with van der Waals surface area (Å²) in [6.07, 6.45) is 8.64. The molecule has 2 rings (SSSR count). The molecule has 1 aliphatic carbocycles. The average molecular weight is 266 g/mol. The number of hydrogen-bond acceptors (Lipinski definition) is 2. The van der Waals surface area contributed by atoms with Crippen LogP contribution in [0.2, 0.25) is 0 Å². The normalized spacial score (nSPS) is 31.6. The molecule has 0 amide bonds. The van der Waals surface area contributed by atoms with Gasteiger partial charge in [-0.25, -0.2) is 0 Å². The molecule has 1 heterocycles. The zero-order chi connectivity index (χ0) is 13.9. The van der Waals surface area contributed by atoms with Gasteiger partial charge in [-0.2, -0.15) is 0 Å². The summed E-state index contributed by atoms with van der Waals surface area (Å²) in [5.41, 5.74) is 0.378. The molecule has 2 nitrogen and oxygen atoms in total. The fourth-order valence-corrected chi connectivity index (χ4v) is 3.76. The lowest BCUT2D eigenvalue weighted by Crippen LogP contribution is -2.60. The van der Waals surface area contributed by atoms with Crippen LogP contribution in [0.5, 0.6) is 0 Å². The van der Waals surface area contributed by atoms with Crippen LogP contribution in [-0.2, 0) is 0 Å². The topological polar surface area (TPSA) is 15.3 Å². The Kier molecular flexibility index (Phi) is 5.30. The monoisotopic (exact) mass is 266 g/mol. The second-order valence-corrected chi connectivity index (χ2v) is 7.85. The maximum Gasteiger partial charge on any atom is 0.0244 e. The molecule has 112 valence electrons. The van der Waals surface area contributed by atoms with Crippen LogP contribution >= 0.6 is 0 Å². The van der Waals surface area contributed by atoms with Crippen LogP contribution in [-0.4, -0.2) is 36.6 Å². The van der Waals surface area contributed by atoms with Crippen LogP contribution in [0.3, 0.4) is 0 Å². The van der Waals surface area contributed by atoms with Crippen molar-refractivity contribution in [1.82, 2.24) is 10.2 Å². The maximum absolute atomic E-state index is 3.79. The maximum atomic E-state index is 3.79. The third-order valence-electron chi connectivity index (χ3n) is 5.27. The smallest absolute Gasteiger partial charge is 0.0244 e. The van der Waals surface area contributed by atoms with Crippen LogP contribution in [0.1, 0.15) is 66.2 Å². The molecule has 2 atom stereocenters. The number of rotatable bonds is 3. The zero-order valence-electron chi connectivity index (χ0n) is 13.5. The first kappa shape index (κ1) is 15.3. The highest BCUT2D eigenvalue weighted by molar-refractivity contribution is 4.92. The summed E-state index contributed by atoms with van der Waals surface area (Å²) >= 11 is 0. The molecule has 0 aromatic heterocycles. The van der Waals surface area contributed by atoms with Gasteiger partial charge in [0.15, 0.2) is 0 Å². The van der Waals surface area contributed by atoms with Gasteiger partial charge in [-0.1, -0.05) is 47.0 Å². The van der Waals surface area contributed by atoms with Gasteiger partial charge in [0.05, 0.1) is 0 Å². The Morgan fingerprint density at radius 2 is 1.79 bits per heavy atom. The predicted molar refractivity (Wildman–Crippen MR) is 83.5 cm³/mol. The van der Waals surface area contributed by atoms with Gasteiger partial charge >= 0.3 is 0 Å². The van der Waals surface area contributed by atoms with E-state index in [2.05, 4.69) is 37.9 Å². The Bertz CT molecular complexity index is 263. The molecule has 2 fully saturated rings. The van der Waals surface area contributed by atoms with E-state index in [0.717, 1.165) is 12.0 Å². The summed E-state index contributed by atoms with van der Waals surface area (Å²) in [6.45, 7) is 13.2. The second-order valence-electron chi connectivity index (χ2n) is 7.85. The van der Waals surface area contributed by atoms with Gasteiger partial charge < -0.3 is 5.32 Å². The van der Waals surface area contributed by atoms with Gasteiger partial charge in [0, 0.05) is 31.7 Å². The van der Waals surface area contributed by atoms with Gasteiger partial charge in [-0.3, -0.25) is 4.90 Å². The van der Waals surface area contributed by atoms with Crippen molar-refractivity contribution in [2.24, 2.45) is 11.3 Å². The first-order valence-corrected chi connectivity index (χ1v) is 8.48. The van der Waals surface area contributed by atoms with Crippen LogP contribution in [0, 0.1) is 11.3 Å². The molecule has 2 heteroatoms. The third-order valence-corrected chi connectivity index (χ3v) is 5.27. The van der Waals surface area contributed by atoms with Gasteiger partial charge in [-0.15, -0.1) is 0 Å². The number of hydrogen-bond donors (Lipinski definition) is 1. The Morgan fingerprint density at radius 1 is 1.11 bits per heavy atom. The lowest BCUT2D eigenvalue weighted by atomic mass is 9.83. The fraction of sp³-hybridized carbons (Fsp3) is 1.00. The first-order valence-electron chi connectivity index (χ1n) is 8.48.